The smallest absolute Gasteiger partial charge is 0.216 e. The Morgan fingerprint density at radius 2 is 2.06 bits per heavy atom. The molecule has 0 bridgehead atoms. The Morgan fingerprint density at radius 1 is 1.41 bits per heavy atom. The molecule has 1 radical (unpaired) electrons. The van der Waals surface area contributed by atoms with E-state index < -0.39 is 11.3 Å². The van der Waals surface area contributed by atoms with Gasteiger partial charge in [0.05, 0.1) is 17.0 Å². The zero-order chi connectivity index (χ0) is 12.1. The van der Waals surface area contributed by atoms with Crippen LogP contribution < -0.4 is 5.43 Å². The summed E-state index contributed by atoms with van der Waals surface area (Å²) in [5, 5.41) is 0. The van der Waals surface area contributed by atoms with E-state index >= 15 is 0 Å². The number of hydrogen-bond donors (Lipinski definition) is 1. The molecule has 0 aromatic carbocycles. The van der Waals surface area contributed by atoms with Crippen LogP contribution in [-0.4, -0.2) is 15.9 Å². The van der Waals surface area contributed by atoms with Crippen LogP contribution in [0.3, 0.4) is 0 Å². The van der Waals surface area contributed by atoms with Crippen molar-refractivity contribution in [1.82, 2.24) is 9.97 Å². The van der Waals surface area contributed by atoms with E-state index in [2.05, 4.69) is 47.2 Å². The van der Waals surface area contributed by atoms with Gasteiger partial charge in [-0.3, -0.25) is 9.78 Å². The van der Waals surface area contributed by atoms with Gasteiger partial charge in [-0.25, -0.2) is 0 Å². The molecule has 2 rings (SSSR count). The number of pyridine rings is 2. The number of nitrogens with one attached hydrogen (secondary N) is 2. The van der Waals surface area contributed by atoms with Crippen LogP contribution in [0, 0.1) is 0 Å². The van der Waals surface area contributed by atoms with Gasteiger partial charge in [-0.1, -0.05) is 0 Å². The molecule has 0 fully saturated rings. The van der Waals surface area contributed by atoms with Crippen LogP contribution >= 0.6 is 37.2 Å². The number of hydrogen-bond acceptors (Lipinski definition) is 3. The zero-order valence-electron chi connectivity index (χ0n) is 8.41. The van der Waals surface area contributed by atoms with Crippen molar-refractivity contribution < 1.29 is 37.5 Å². The second kappa shape index (κ2) is 8.49. The number of carbonyl (C=O) groups excluding carboxylic acids is 1. The van der Waals surface area contributed by atoms with E-state index in [1.54, 1.807) is 12.1 Å². The maximum absolute atomic E-state index is 11.5. The van der Waals surface area contributed by atoms with Crippen molar-refractivity contribution in [2.24, 2.45) is 0 Å². The molecular weight excluding hydrogens is 525 g/mol. The number of rotatable bonds is 1. The quantitative estimate of drug-likeness (QED) is 0.575. The summed E-state index contributed by atoms with van der Waals surface area (Å²) in [5.74, 6) is -1.00. The first kappa shape index (κ1) is 17.4. The third-order valence-corrected chi connectivity index (χ3v) is 1.88. The normalized spacial score (nSPS) is 8.82. The van der Waals surface area contributed by atoms with Crippen LogP contribution in [0.2, 0.25) is 0 Å². The molecule has 2 aromatic rings. The first-order valence-corrected chi connectivity index (χ1v) is 10.4. The number of H-pyrrole nitrogens is 1. The molecule has 0 spiro atoms. The Labute approximate surface area is 146 Å². The molecule has 0 aliphatic rings. The van der Waals surface area contributed by atoms with E-state index in [4.69, 9.17) is 5.73 Å². The molecule has 5 nitrogen and oxygen atoms in total. The van der Waals surface area contributed by atoms with Gasteiger partial charge in [-0.2, -0.15) is 0 Å². The molecule has 2 aromatic heterocycles. The minimum atomic E-state index is -1.00. The van der Waals surface area contributed by atoms with Crippen LogP contribution in [0.5, 0.6) is 0 Å². The molecule has 8 heteroatoms. The molecule has 0 aliphatic carbocycles. The van der Waals surface area contributed by atoms with Gasteiger partial charge in [0.1, 0.15) is 5.52 Å². The Hall–Kier alpha value is 0.394. The Morgan fingerprint density at radius 3 is 2.65 bits per heavy atom. The fraction of sp³-hybridized carbons (Fsp3) is 0. The van der Waals surface area contributed by atoms with Crippen molar-refractivity contribution in [2.75, 3.05) is 0 Å². The molecule has 0 saturated carbocycles. The van der Waals surface area contributed by atoms with Crippen molar-refractivity contribution in [3.63, 3.8) is 0 Å². The molecule has 0 unspecified atom stereocenters. The molecule has 2 N–H and O–H groups in total. The number of halogens is 2. The second-order valence-corrected chi connectivity index (χ2v) is 2.76. The van der Waals surface area contributed by atoms with Gasteiger partial charge in [0.2, 0.25) is 5.43 Å². The average molecular weight is 531 g/mol. The maximum atomic E-state index is 11.5. The van der Waals surface area contributed by atoms with Crippen LogP contribution in [0.4, 0.5) is 0 Å². The number of nitrogens with zero attached hydrogens (tertiary/aromatic N) is 1. The predicted octanol–water partition coefficient (Wildman–Crippen LogP) is 2.88. The minimum Gasteiger partial charge on any atom is -0.663 e. The average Bonchev–Trinajstić information content (AvgIpc) is 2.32. The standard InChI is InChI=1S/C9H7N3O2.I2.Y/c10-9(14)5-4-12-6-2-1-3-11-7(6)8(5)13;1-2;/h1-4H,(H3,10,12,13,14);;/p-1. The minimum absolute atomic E-state index is 0. The van der Waals surface area contributed by atoms with E-state index in [1.807, 2.05) is 0 Å². The van der Waals surface area contributed by atoms with Crippen LogP contribution in [-0.2, 0) is 32.7 Å². The van der Waals surface area contributed by atoms with E-state index in [9.17, 15) is 9.59 Å². The van der Waals surface area contributed by atoms with Crippen molar-refractivity contribution in [1.29, 1.82) is 0 Å². The van der Waals surface area contributed by atoms with E-state index in [0.717, 1.165) is 0 Å². The first-order valence-electron chi connectivity index (χ1n) is 4.07. The van der Waals surface area contributed by atoms with Crippen molar-refractivity contribution in [3.8, 4) is 0 Å². The number of amides is 1. The van der Waals surface area contributed by atoms with Crippen molar-refractivity contribution in [3.05, 3.63) is 46.0 Å². The van der Waals surface area contributed by atoms with Gasteiger partial charge in [0.15, 0.2) is 0 Å². The van der Waals surface area contributed by atoms with Gasteiger partial charge in [-0.05, 0) is 12.1 Å². The van der Waals surface area contributed by atoms with Gasteiger partial charge >= 0.3 is 0 Å². The van der Waals surface area contributed by atoms with Crippen molar-refractivity contribution >= 4 is 54.2 Å². The van der Waals surface area contributed by atoms with Gasteiger partial charge in [0, 0.05) is 82.3 Å². The summed E-state index contributed by atoms with van der Waals surface area (Å²) in [5.41, 5.74) is 6.91. The molecule has 87 valence electrons. The third kappa shape index (κ3) is 4.21. The van der Waals surface area contributed by atoms with Gasteiger partial charge in [-0.15, -0.1) is 0 Å². The fourth-order valence-corrected chi connectivity index (χ4v) is 1.21. The van der Waals surface area contributed by atoms with Crippen molar-refractivity contribution in [2.45, 2.75) is 0 Å². The summed E-state index contributed by atoms with van der Waals surface area (Å²) in [7, 11) is 0. The van der Waals surface area contributed by atoms with Crippen LogP contribution in [0.1, 0.15) is 10.4 Å². The summed E-state index contributed by atoms with van der Waals surface area (Å²) < 4.78 is 0. The Bertz CT molecular complexity index is 573. The SMILES string of the molecule is II.[NH-]C(=O)c1c[nH]c2cccnc2c1=O.[Y]. The summed E-state index contributed by atoms with van der Waals surface area (Å²) in [6.45, 7) is 0. The molecule has 0 saturated heterocycles. The Balaban J connectivity index is 0.000000811. The first-order chi connectivity index (χ1) is 7.70. The van der Waals surface area contributed by atoms with Gasteiger partial charge in [0.25, 0.3) is 0 Å². The molecule has 2 heterocycles. The molecule has 17 heavy (non-hydrogen) atoms. The number of aromatic nitrogens is 2. The van der Waals surface area contributed by atoms with Crippen LogP contribution in [0.25, 0.3) is 16.8 Å². The topological polar surface area (TPSA) is 86.6 Å². The Kier molecular flexibility index (Phi) is 8.68. The number of carbonyl (C=O) groups is 1. The second-order valence-electron chi connectivity index (χ2n) is 2.76. The van der Waals surface area contributed by atoms with Crippen LogP contribution in [0.15, 0.2) is 29.3 Å². The number of fused-ring (bicyclic) bond motifs is 1. The fourth-order valence-electron chi connectivity index (χ4n) is 1.21. The monoisotopic (exact) mass is 531 g/mol. The summed E-state index contributed by atoms with van der Waals surface area (Å²) in [6, 6.07) is 3.36. The summed E-state index contributed by atoms with van der Waals surface area (Å²) in [4.78, 5) is 28.9. The zero-order valence-corrected chi connectivity index (χ0v) is 15.6. The van der Waals surface area contributed by atoms with E-state index in [1.165, 1.54) is 12.4 Å². The van der Waals surface area contributed by atoms with E-state index in [-0.39, 0.29) is 43.8 Å². The molecule has 0 aliphatic heterocycles. The van der Waals surface area contributed by atoms with Gasteiger partial charge < -0.3 is 15.5 Å². The maximum Gasteiger partial charge on any atom is 0.216 e. The van der Waals surface area contributed by atoms with E-state index in [0.29, 0.717) is 5.52 Å². The number of aromatic amines is 1. The molecule has 0 atom stereocenters. The molecular formula is C9H6I2N3O2Y-. The predicted molar refractivity (Wildman–Crippen MR) is 79.1 cm³/mol. The summed E-state index contributed by atoms with van der Waals surface area (Å²) in [6.07, 6.45) is 2.71. The largest absolute Gasteiger partial charge is 0.663 e. The molecule has 1 amide bonds. The third-order valence-electron chi connectivity index (χ3n) is 1.88. The summed E-state index contributed by atoms with van der Waals surface area (Å²) >= 11 is 4.24.